The van der Waals surface area contributed by atoms with Crippen molar-refractivity contribution in [3.05, 3.63) is 58.9 Å². The third-order valence-electron chi connectivity index (χ3n) is 5.98. The van der Waals surface area contributed by atoms with E-state index < -0.39 is 0 Å². The van der Waals surface area contributed by atoms with Crippen molar-refractivity contribution >= 4 is 11.0 Å². The smallest absolute Gasteiger partial charge is 0.232 e. The minimum atomic E-state index is 1.24. The van der Waals surface area contributed by atoms with Gasteiger partial charge in [-0.3, -0.25) is 0 Å². The largest absolute Gasteiger partial charge is 0.249 e. The zero-order valence-corrected chi connectivity index (χ0v) is 14.5. The van der Waals surface area contributed by atoms with Crippen LogP contribution in [0.1, 0.15) is 47.9 Å². The summed E-state index contributed by atoms with van der Waals surface area (Å²) < 4.78 is 4.67. The quantitative estimate of drug-likeness (QED) is 0.594. The average molecular weight is 317 g/mol. The van der Waals surface area contributed by atoms with Crippen LogP contribution in [0.5, 0.6) is 0 Å². The molecular formula is C22H25N2+. The normalized spacial score (nSPS) is 16.9. The molecule has 0 radical (unpaired) electrons. The van der Waals surface area contributed by atoms with Gasteiger partial charge in [-0.25, -0.2) is 4.57 Å². The summed E-state index contributed by atoms with van der Waals surface area (Å²) in [4.78, 5) is 0. The maximum atomic E-state index is 2.45. The topological polar surface area (TPSA) is 8.81 Å². The van der Waals surface area contributed by atoms with E-state index in [4.69, 9.17) is 0 Å². The highest BCUT2D eigenvalue weighted by Gasteiger charge is 2.21. The van der Waals surface area contributed by atoms with Crippen molar-refractivity contribution in [3.63, 3.8) is 0 Å². The van der Waals surface area contributed by atoms with Crippen LogP contribution in [0.2, 0.25) is 0 Å². The maximum absolute atomic E-state index is 2.45. The van der Waals surface area contributed by atoms with E-state index in [2.05, 4.69) is 52.8 Å². The van der Waals surface area contributed by atoms with Crippen molar-refractivity contribution in [3.8, 4) is 5.69 Å². The number of nitrogens with zero attached hydrogens (tertiary/aromatic N) is 2. The van der Waals surface area contributed by atoms with Crippen molar-refractivity contribution in [2.45, 2.75) is 51.4 Å². The zero-order valence-electron chi connectivity index (χ0n) is 14.5. The molecule has 0 N–H and O–H groups in total. The number of rotatable bonds is 1. The van der Waals surface area contributed by atoms with Crippen molar-refractivity contribution in [2.75, 3.05) is 0 Å². The molecule has 1 aromatic heterocycles. The van der Waals surface area contributed by atoms with E-state index in [9.17, 15) is 0 Å². The average Bonchev–Trinajstić information content (AvgIpc) is 2.95. The molecule has 24 heavy (non-hydrogen) atoms. The van der Waals surface area contributed by atoms with Gasteiger partial charge in [-0.05, 0) is 97.9 Å². The molecule has 0 atom stereocenters. The molecule has 0 bridgehead atoms. The molecule has 1 heterocycles. The van der Waals surface area contributed by atoms with Crippen molar-refractivity contribution in [1.29, 1.82) is 0 Å². The first-order chi connectivity index (χ1) is 11.8. The van der Waals surface area contributed by atoms with Crippen LogP contribution in [0.25, 0.3) is 16.7 Å². The van der Waals surface area contributed by atoms with Gasteiger partial charge in [-0.1, -0.05) is 6.07 Å². The number of aromatic nitrogens is 2. The second kappa shape index (κ2) is 5.47. The number of hydrogen-bond donors (Lipinski definition) is 0. The van der Waals surface area contributed by atoms with Gasteiger partial charge in [0, 0.05) is 0 Å². The molecule has 0 spiro atoms. The first-order valence-electron chi connectivity index (χ1n) is 9.44. The number of hydrogen-bond acceptors (Lipinski definition) is 0. The predicted molar refractivity (Wildman–Crippen MR) is 97.7 cm³/mol. The Morgan fingerprint density at radius 2 is 1.38 bits per heavy atom. The summed E-state index contributed by atoms with van der Waals surface area (Å²) in [6, 6.07) is 12.0. The second-order valence-electron chi connectivity index (χ2n) is 7.57. The summed E-state index contributed by atoms with van der Waals surface area (Å²) >= 11 is 0. The van der Waals surface area contributed by atoms with Crippen LogP contribution in [-0.4, -0.2) is 4.57 Å². The van der Waals surface area contributed by atoms with Crippen LogP contribution < -0.4 is 4.57 Å². The molecule has 2 aliphatic carbocycles. The standard InChI is InChI=1S/C22H25N2/c1-23-15-24(20-11-10-16-6-2-3-7-17(16)12-20)22-14-19-9-5-4-8-18(19)13-21(22)23/h10-15H,2-9H2,1H3/q+1. The van der Waals surface area contributed by atoms with Gasteiger partial charge in [0.25, 0.3) is 0 Å². The molecule has 0 aliphatic heterocycles. The third-order valence-corrected chi connectivity index (χ3v) is 5.98. The van der Waals surface area contributed by atoms with E-state index in [0.717, 1.165) is 0 Å². The lowest BCUT2D eigenvalue weighted by Crippen LogP contribution is -2.25. The lowest BCUT2D eigenvalue weighted by atomic mass is 9.91. The van der Waals surface area contributed by atoms with Gasteiger partial charge < -0.3 is 0 Å². The minimum absolute atomic E-state index is 1.24. The van der Waals surface area contributed by atoms with Gasteiger partial charge in [0.1, 0.15) is 5.69 Å². The third kappa shape index (κ3) is 2.20. The Morgan fingerprint density at radius 1 is 0.750 bits per heavy atom. The van der Waals surface area contributed by atoms with Crippen LogP contribution in [0.15, 0.2) is 36.7 Å². The Kier molecular flexibility index (Phi) is 3.26. The number of fused-ring (bicyclic) bond motifs is 3. The fourth-order valence-corrected chi connectivity index (χ4v) is 4.61. The Hall–Kier alpha value is -2.09. The van der Waals surface area contributed by atoms with Gasteiger partial charge in [-0.2, -0.15) is 4.57 Å². The van der Waals surface area contributed by atoms with Crippen LogP contribution in [0.3, 0.4) is 0 Å². The minimum Gasteiger partial charge on any atom is -0.232 e. The van der Waals surface area contributed by atoms with E-state index in [1.807, 2.05) is 0 Å². The lowest BCUT2D eigenvalue weighted by molar-refractivity contribution is -0.645. The molecule has 0 saturated heterocycles. The first kappa shape index (κ1) is 14.3. The molecule has 3 aromatic rings. The van der Waals surface area contributed by atoms with Gasteiger partial charge in [0.2, 0.25) is 6.33 Å². The van der Waals surface area contributed by atoms with Crippen LogP contribution in [0, 0.1) is 0 Å². The van der Waals surface area contributed by atoms with Crippen molar-refractivity contribution < 1.29 is 4.57 Å². The van der Waals surface area contributed by atoms with Gasteiger partial charge in [-0.15, -0.1) is 0 Å². The molecular weight excluding hydrogens is 292 g/mol. The number of imidazole rings is 1. The molecule has 5 rings (SSSR count). The van der Waals surface area contributed by atoms with Crippen LogP contribution >= 0.6 is 0 Å². The van der Waals surface area contributed by atoms with Gasteiger partial charge in [0.15, 0.2) is 11.0 Å². The molecule has 2 nitrogen and oxygen atoms in total. The van der Waals surface area contributed by atoms with E-state index in [0.29, 0.717) is 0 Å². The molecule has 122 valence electrons. The number of aryl methyl sites for hydroxylation is 5. The molecule has 0 unspecified atom stereocenters. The Labute approximate surface area is 143 Å². The molecule has 2 aromatic carbocycles. The van der Waals surface area contributed by atoms with Crippen molar-refractivity contribution in [1.82, 2.24) is 4.57 Å². The Bertz CT molecular complexity index is 933. The molecule has 2 aliphatic rings. The van der Waals surface area contributed by atoms with Crippen LogP contribution in [-0.2, 0) is 32.7 Å². The highest BCUT2D eigenvalue weighted by molar-refractivity contribution is 5.76. The lowest BCUT2D eigenvalue weighted by Gasteiger charge is -2.16. The fourth-order valence-electron chi connectivity index (χ4n) is 4.61. The highest BCUT2D eigenvalue weighted by atomic mass is 15.1. The van der Waals surface area contributed by atoms with E-state index in [1.165, 1.54) is 68.1 Å². The van der Waals surface area contributed by atoms with E-state index in [1.54, 1.807) is 22.3 Å². The number of benzene rings is 2. The highest BCUT2D eigenvalue weighted by Crippen LogP contribution is 2.29. The van der Waals surface area contributed by atoms with Crippen molar-refractivity contribution in [2.24, 2.45) is 7.05 Å². The summed E-state index contributed by atoms with van der Waals surface area (Å²) in [5, 5.41) is 0. The molecule has 0 saturated carbocycles. The summed E-state index contributed by atoms with van der Waals surface area (Å²) in [7, 11) is 2.17. The monoisotopic (exact) mass is 317 g/mol. The molecule has 0 amide bonds. The molecule has 0 fully saturated rings. The van der Waals surface area contributed by atoms with Crippen LogP contribution in [0.4, 0.5) is 0 Å². The zero-order chi connectivity index (χ0) is 16.1. The van der Waals surface area contributed by atoms with Gasteiger partial charge in [0.05, 0.1) is 7.05 Å². The fraction of sp³-hybridized carbons (Fsp3) is 0.409. The maximum Gasteiger partial charge on any atom is 0.249 e. The SMILES string of the molecule is C[n+]1cn(-c2ccc3c(c2)CCCC3)c2cc3c(cc21)CCCC3. The van der Waals surface area contributed by atoms with E-state index in [-0.39, 0.29) is 0 Å². The van der Waals surface area contributed by atoms with Gasteiger partial charge >= 0.3 is 0 Å². The summed E-state index contributed by atoms with van der Waals surface area (Å²) in [5.41, 5.74) is 10.3. The molecule has 2 heteroatoms. The Balaban J connectivity index is 1.69. The Morgan fingerprint density at radius 3 is 2.12 bits per heavy atom. The summed E-state index contributed by atoms with van der Waals surface area (Å²) in [5.74, 6) is 0. The van der Waals surface area contributed by atoms with E-state index >= 15 is 0 Å². The second-order valence-corrected chi connectivity index (χ2v) is 7.57. The summed E-state index contributed by atoms with van der Waals surface area (Å²) in [6.07, 6.45) is 12.6. The predicted octanol–water partition coefficient (Wildman–Crippen LogP) is 4.21. The summed E-state index contributed by atoms with van der Waals surface area (Å²) in [6.45, 7) is 0. The first-order valence-corrected chi connectivity index (χ1v) is 9.44.